The number of carbonyl (C=O) groups is 2. The van der Waals surface area contributed by atoms with Gasteiger partial charge in [-0.3, -0.25) is 9.59 Å². The number of benzene rings is 2. The first kappa shape index (κ1) is 27.5. The average molecular weight is 570 g/mol. The summed E-state index contributed by atoms with van der Waals surface area (Å²) in [5.74, 6) is 0.103. The summed E-state index contributed by atoms with van der Waals surface area (Å²) in [5, 5.41) is 20.0. The molecular formula is C31H35N7O4. The number of aryl methyl sites for hydroxylation is 2. The van der Waals surface area contributed by atoms with Crippen LogP contribution < -0.4 is 16.6 Å². The molecule has 2 saturated heterocycles. The van der Waals surface area contributed by atoms with Gasteiger partial charge in [0.25, 0.3) is 11.5 Å². The monoisotopic (exact) mass is 569 g/mol. The number of aromatic nitrogens is 3. The number of likely N-dealkylation sites (tertiary alicyclic amines) is 2. The molecule has 0 radical (unpaired) electrons. The fourth-order valence-corrected chi connectivity index (χ4v) is 6.06. The van der Waals surface area contributed by atoms with Gasteiger partial charge >= 0.3 is 6.03 Å². The molecule has 4 heterocycles. The lowest BCUT2D eigenvalue weighted by Gasteiger charge is -2.24. The molecule has 11 heteroatoms. The van der Waals surface area contributed by atoms with E-state index in [2.05, 4.69) is 15.5 Å². The third-order valence-electron chi connectivity index (χ3n) is 8.40. The summed E-state index contributed by atoms with van der Waals surface area (Å²) >= 11 is 0. The molecule has 0 aliphatic carbocycles. The fourth-order valence-electron chi connectivity index (χ4n) is 6.06. The molecule has 2 aromatic heterocycles. The molecule has 218 valence electrons. The van der Waals surface area contributed by atoms with Crippen LogP contribution in [-0.2, 0) is 6.54 Å². The number of fused-ring (bicyclic) bond motifs is 1. The van der Waals surface area contributed by atoms with E-state index in [-0.39, 0.29) is 29.4 Å². The number of aliphatic hydroxyl groups excluding tert-OH is 1. The van der Waals surface area contributed by atoms with Gasteiger partial charge in [-0.25, -0.2) is 9.89 Å². The third-order valence-corrected chi connectivity index (χ3v) is 8.40. The number of nitrogen functional groups attached to an aromatic ring is 1. The minimum absolute atomic E-state index is 0.0823. The van der Waals surface area contributed by atoms with Gasteiger partial charge in [-0.05, 0) is 49.4 Å². The standard InChI is InChI=1S/C31H35N7O4/c1-18-3-4-19(2)24(13-18)29(40)33-14-20-5-7-21(8-6-20)25-17-38(27-26(25)28(32)34-35-30(27)41)22-9-11-36(15-22)31(42)37-12-10-23(39)16-37/h3-8,13,17,22-23,39H,9-12,14-16H2,1-2H3,(H2,32,34)(H,33,40)(H,35,41)/t22-,23+/m1/s1. The van der Waals surface area contributed by atoms with Gasteiger partial charge in [0.1, 0.15) is 5.52 Å². The summed E-state index contributed by atoms with van der Waals surface area (Å²) in [5.41, 5.74) is 11.6. The van der Waals surface area contributed by atoms with Gasteiger partial charge in [0.2, 0.25) is 0 Å². The van der Waals surface area contributed by atoms with Crippen molar-refractivity contribution in [1.82, 2.24) is 29.9 Å². The Hall–Kier alpha value is -4.64. The first-order valence-electron chi connectivity index (χ1n) is 14.2. The van der Waals surface area contributed by atoms with Crippen molar-refractivity contribution in [3.8, 4) is 11.1 Å². The SMILES string of the molecule is Cc1ccc(C)c(C(=O)NCc2ccc(-c3cn([C@@H]4CCN(C(=O)N5CC[C@H](O)C5)C4)c4c(=O)[nH]nc(N)c34)cc2)c1. The molecule has 0 spiro atoms. The summed E-state index contributed by atoms with van der Waals surface area (Å²) in [4.78, 5) is 42.3. The van der Waals surface area contributed by atoms with Gasteiger partial charge in [0, 0.05) is 50.0 Å². The number of anilines is 1. The highest BCUT2D eigenvalue weighted by Crippen LogP contribution is 2.36. The molecule has 0 unspecified atom stereocenters. The number of nitrogens with one attached hydrogen (secondary N) is 2. The minimum atomic E-state index is -0.475. The maximum atomic E-state index is 13.0. The van der Waals surface area contributed by atoms with E-state index in [4.69, 9.17) is 5.73 Å². The number of hydrogen-bond donors (Lipinski definition) is 4. The van der Waals surface area contributed by atoms with Gasteiger partial charge in [0.15, 0.2) is 5.82 Å². The normalized spacial score (nSPS) is 18.6. The second-order valence-electron chi connectivity index (χ2n) is 11.4. The van der Waals surface area contributed by atoms with Crippen molar-refractivity contribution in [2.75, 3.05) is 31.9 Å². The first-order chi connectivity index (χ1) is 20.2. The Morgan fingerprint density at radius 3 is 2.55 bits per heavy atom. The number of rotatable bonds is 5. The van der Waals surface area contributed by atoms with Crippen LogP contribution in [0.25, 0.3) is 22.0 Å². The first-order valence-corrected chi connectivity index (χ1v) is 14.2. The van der Waals surface area contributed by atoms with Crippen LogP contribution >= 0.6 is 0 Å². The number of nitrogens with two attached hydrogens (primary N) is 1. The fraction of sp³-hybridized carbons (Fsp3) is 0.355. The van der Waals surface area contributed by atoms with Crippen molar-refractivity contribution in [3.63, 3.8) is 0 Å². The molecule has 4 aromatic rings. The van der Waals surface area contributed by atoms with Crippen LogP contribution in [0.5, 0.6) is 0 Å². The van der Waals surface area contributed by atoms with E-state index in [0.717, 1.165) is 27.8 Å². The molecule has 3 amide bonds. The molecule has 0 saturated carbocycles. The van der Waals surface area contributed by atoms with Crippen LogP contribution in [0.2, 0.25) is 0 Å². The molecule has 0 bridgehead atoms. The second kappa shape index (κ2) is 11.0. The number of hydrogen-bond acceptors (Lipinski definition) is 6. The van der Waals surface area contributed by atoms with Gasteiger partial charge in [0.05, 0.1) is 17.5 Å². The summed E-state index contributed by atoms with van der Waals surface area (Å²) in [6, 6.07) is 13.4. The lowest BCUT2D eigenvalue weighted by molar-refractivity contribution is 0.0950. The molecule has 6 rings (SSSR count). The Labute approximate surface area is 242 Å². The molecule has 5 N–H and O–H groups in total. The highest BCUT2D eigenvalue weighted by Gasteiger charge is 2.34. The molecule has 2 aromatic carbocycles. The predicted molar refractivity (Wildman–Crippen MR) is 160 cm³/mol. The van der Waals surface area contributed by atoms with Crippen molar-refractivity contribution in [2.24, 2.45) is 0 Å². The number of amides is 3. The lowest BCUT2D eigenvalue weighted by atomic mass is 10.0. The second-order valence-corrected chi connectivity index (χ2v) is 11.4. The molecule has 11 nitrogen and oxygen atoms in total. The Morgan fingerprint density at radius 2 is 1.81 bits per heavy atom. The smallest absolute Gasteiger partial charge is 0.320 e. The van der Waals surface area contributed by atoms with Crippen molar-refractivity contribution >= 4 is 28.7 Å². The largest absolute Gasteiger partial charge is 0.391 e. The number of nitrogens with zero attached hydrogens (tertiary/aromatic N) is 4. The highest BCUT2D eigenvalue weighted by molar-refractivity contribution is 6.02. The van der Waals surface area contributed by atoms with Crippen molar-refractivity contribution in [3.05, 3.63) is 81.3 Å². The Bertz CT molecular complexity index is 1730. The topological polar surface area (TPSA) is 150 Å². The van der Waals surface area contributed by atoms with E-state index >= 15 is 0 Å². The van der Waals surface area contributed by atoms with Crippen molar-refractivity contribution < 1.29 is 14.7 Å². The molecule has 42 heavy (non-hydrogen) atoms. The Kier molecular flexibility index (Phi) is 7.19. The number of β-amino-alcohol motifs (C(OH)–C–C–N with tert-alkyl or cyclic N) is 1. The summed E-state index contributed by atoms with van der Waals surface area (Å²) in [6.45, 7) is 6.17. The maximum absolute atomic E-state index is 13.0. The summed E-state index contributed by atoms with van der Waals surface area (Å²) in [7, 11) is 0. The Balaban J connectivity index is 1.23. The zero-order valence-corrected chi connectivity index (χ0v) is 23.8. The average Bonchev–Trinajstić information content (AvgIpc) is 3.74. The minimum Gasteiger partial charge on any atom is -0.391 e. The van der Waals surface area contributed by atoms with Crippen LogP contribution in [0.4, 0.5) is 10.6 Å². The highest BCUT2D eigenvalue weighted by atomic mass is 16.3. The van der Waals surface area contributed by atoms with E-state index in [1.807, 2.05) is 67.1 Å². The van der Waals surface area contributed by atoms with Gasteiger partial charge in [-0.15, -0.1) is 0 Å². The van der Waals surface area contributed by atoms with Gasteiger partial charge in [-0.1, -0.05) is 42.0 Å². The number of carbonyl (C=O) groups excluding carboxylic acids is 2. The molecule has 2 aliphatic heterocycles. The van der Waals surface area contributed by atoms with Crippen LogP contribution in [0.15, 0.2) is 53.5 Å². The summed E-state index contributed by atoms with van der Waals surface area (Å²) < 4.78 is 1.92. The zero-order valence-electron chi connectivity index (χ0n) is 23.8. The molecule has 2 aliphatic rings. The summed E-state index contributed by atoms with van der Waals surface area (Å²) in [6.07, 6.45) is 2.73. The molecular weight excluding hydrogens is 534 g/mol. The van der Waals surface area contributed by atoms with Gasteiger partial charge in [-0.2, -0.15) is 5.10 Å². The van der Waals surface area contributed by atoms with E-state index in [1.54, 1.807) is 9.80 Å². The molecule has 2 atom stereocenters. The van der Waals surface area contributed by atoms with Crippen LogP contribution in [0.3, 0.4) is 0 Å². The predicted octanol–water partition coefficient (Wildman–Crippen LogP) is 2.95. The number of aliphatic hydroxyl groups is 1. The van der Waals surface area contributed by atoms with Crippen LogP contribution in [-0.4, -0.2) is 73.9 Å². The number of H-pyrrole nitrogens is 1. The van der Waals surface area contributed by atoms with Crippen molar-refractivity contribution in [2.45, 2.75) is 45.4 Å². The Morgan fingerprint density at radius 1 is 1.07 bits per heavy atom. The maximum Gasteiger partial charge on any atom is 0.320 e. The van der Waals surface area contributed by atoms with E-state index in [1.165, 1.54) is 0 Å². The van der Waals surface area contributed by atoms with Gasteiger partial charge < -0.3 is 30.5 Å². The number of urea groups is 1. The third kappa shape index (κ3) is 5.11. The van der Waals surface area contributed by atoms with Crippen LogP contribution in [0, 0.1) is 13.8 Å². The van der Waals surface area contributed by atoms with Crippen LogP contribution in [0.1, 0.15) is 45.9 Å². The molecule has 2 fully saturated rings. The van der Waals surface area contributed by atoms with E-state index in [0.29, 0.717) is 62.0 Å². The number of aromatic amines is 1. The van der Waals surface area contributed by atoms with Crippen molar-refractivity contribution in [1.29, 1.82) is 0 Å². The van der Waals surface area contributed by atoms with E-state index in [9.17, 15) is 19.5 Å². The quantitative estimate of drug-likeness (QED) is 0.290. The lowest BCUT2D eigenvalue weighted by Crippen LogP contribution is -2.41. The van der Waals surface area contributed by atoms with E-state index < -0.39 is 6.10 Å². The zero-order chi connectivity index (χ0) is 29.5.